The summed E-state index contributed by atoms with van der Waals surface area (Å²) in [6, 6.07) is 9.30. The second-order valence-electron chi connectivity index (χ2n) is 3.89. The van der Waals surface area contributed by atoms with Gasteiger partial charge in [0.15, 0.2) is 0 Å². The Labute approximate surface area is 110 Å². The molecule has 2 rings (SSSR count). The molecule has 4 nitrogen and oxygen atoms in total. The van der Waals surface area contributed by atoms with Crippen molar-refractivity contribution in [2.45, 2.75) is 6.54 Å². The fraction of sp³-hybridized carbons (Fsp3) is 0.143. The zero-order chi connectivity index (χ0) is 13.7. The highest BCUT2D eigenvalue weighted by Gasteiger charge is 2.16. The standard InChI is InChI=1S/C14H13FN2O2/c1-19-14(18)17(10-11-3-2-8-16-9-11)13-6-4-12(15)5-7-13/h2-9H,10H2,1H3. The maximum atomic E-state index is 12.9. The number of carbonyl (C=O) groups excluding carboxylic acids is 1. The number of hydrogen-bond donors (Lipinski definition) is 0. The SMILES string of the molecule is COC(=O)N(Cc1cccnc1)c1ccc(F)cc1. The monoisotopic (exact) mass is 260 g/mol. The van der Waals surface area contributed by atoms with Crippen LogP contribution in [0, 0.1) is 5.82 Å². The molecule has 2 aromatic rings. The Morgan fingerprint density at radius 2 is 2.05 bits per heavy atom. The van der Waals surface area contributed by atoms with Crippen molar-refractivity contribution in [3.05, 3.63) is 60.2 Å². The predicted molar refractivity (Wildman–Crippen MR) is 69.2 cm³/mol. The molecule has 0 N–H and O–H groups in total. The summed E-state index contributed by atoms with van der Waals surface area (Å²) in [4.78, 5) is 17.2. The number of amides is 1. The van der Waals surface area contributed by atoms with Gasteiger partial charge in [0.2, 0.25) is 0 Å². The number of halogens is 1. The summed E-state index contributed by atoms with van der Waals surface area (Å²) in [6.07, 6.45) is 2.82. The zero-order valence-corrected chi connectivity index (χ0v) is 10.4. The fourth-order valence-corrected chi connectivity index (χ4v) is 1.67. The number of anilines is 1. The lowest BCUT2D eigenvalue weighted by atomic mass is 10.2. The number of carbonyl (C=O) groups is 1. The minimum atomic E-state index is -0.504. The van der Waals surface area contributed by atoms with Crippen LogP contribution in [0.1, 0.15) is 5.56 Å². The molecule has 0 unspecified atom stereocenters. The smallest absolute Gasteiger partial charge is 0.414 e. The molecule has 0 aliphatic carbocycles. The molecule has 0 bridgehead atoms. The van der Waals surface area contributed by atoms with Crippen LogP contribution in [0.3, 0.4) is 0 Å². The summed E-state index contributed by atoms with van der Waals surface area (Å²) in [5, 5.41) is 0. The summed E-state index contributed by atoms with van der Waals surface area (Å²) in [5.41, 5.74) is 1.43. The highest BCUT2D eigenvalue weighted by Crippen LogP contribution is 2.18. The average Bonchev–Trinajstić information content (AvgIpc) is 2.46. The average molecular weight is 260 g/mol. The van der Waals surface area contributed by atoms with E-state index in [0.29, 0.717) is 12.2 Å². The molecule has 19 heavy (non-hydrogen) atoms. The van der Waals surface area contributed by atoms with Crippen molar-refractivity contribution in [1.29, 1.82) is 0 Å². The van der Waals surface area contributed by atoms with E-state index in [1.807, 2.05) is 6.07 Å². The molecule has 0 aliphatic rings. The highest BCUT2D eigenvalue weighted by molar-refractivity contribution is 5.87. The number of benzene rings is 1. The van der Waals surface area contributed by atoms with E-state index in [4.69, 9.17) is 4.74 Å². The molecule has 0 fully saturated rings. The molecule has 0 spiro atoms. The lowest BCUT2D eigenvalue weighted by Crippen LogP contribution is -2.30. The van der Waals surface area contributed by atoms with E-state index in [9.17, 15) is 9.18 Å². The van der Waals surface area contributed by atoms with Gasteiger partial charge in [-0.05, 0) is 35.9 Å². The predicted octanol–water partition coefficient (Wildman–Crippen LogP) is 2.99. The summed E-state index contributed by atoms with van der Waals surface area (Å²) in [7, 11) is 1.31. The number of nitrogens with zero attached hydrogens (tertiary/aromatic N) is 2. The van der Waals surface area contributed by atoms with E-state index in [1.165, 1.54) is 36.3 Å². The van der Waals surface area contributed by atoms with E-state index < -0.39 is 6.09 Å². The normalized spacial score (nSPS) is 10.0. The molecule has 0 saturated heterocycles. The van der Waals surface area contributed by atoms with E-state index >= 15 is 0 Å². The lowest BCUT2D eigenvalue weighted by molar-refractivity contribution is 0.178. The first-order valence-electron chi connectivity index (χ1n) is 5.70. The minimum absolute atomic E-state index is 0.312. The van der Waals surface area contributed by atoms with Gasteiger partial charge in [0, 0.05) is 18.1 Å². The molecule has 0 atom stereocenters. The number of ether oxygens (including phenoxy) is 1. The summed E-state index contributed by atoms with van der Waals surface area (Å²) in [5.74, 6) is -0.352. The molecule has 5 heteroatoms. The van der Waals surface area contributed by atoms with Crippen LogP contribution in [-0.2, 0) is 11.3 Å². The molecular formula is C14H13FN2O2. The van der Waals surface area contributed by atoms with E-state index in [0.717, 1.165) is 5.56 Å². The molecular weight excluding hydrogens is 247 g/mol. The third-order valence-electron chi connectivity index (χ3n) is 2.60. The molecule has 1 amide bonds. The molecule has 1 aromatic carbocycles. The Hall–Kier alpha value is -2.43. The van der Waals surface area contributed by atoms with Crippen LogP contribution in [0.4, 0.5) is 14.9 Å². The Bertz CT molecular complexity index is 543. The van der Waals surface area contributed by atoms with Gasteiger partial charge in [0.1, 0.15) is 5.82 Å². The quantitative estimate of drug-likeness (QED) is 0.852. The van der Waals surface area contributed by atoms with E-state index in [1.54, 1.807) is 18.5 Å². The van der Waals surface area contributed by atoms with Gasteiger partial charge < -0.3 is 4.74 Å². The van der Waals surface area contributed by atoms with Gasteiger partial charge in [0.05, 0.1) is 13.7 Å². The van der Waals surface area contributed by atoms with Gasteiger partial charge in [-0.15, -0.1) is 0 Å². The Balaban J connectivity index is 2.26. The van der Waals surface area contributed by atoms with Gasteiger partial charge in [-0.3, -0.25) is 9.88 Å². The molecule has 0 radical (unpaired) electrons. The summed E-state index contributed by atoms with van der Waals surface area (Å²) >= 11 is 0. The van der Waals surface area contributed by atoms with Gasteiger partial charge in [-0.1, -0.05) is 6.07 Å². The Morgan fingerprint density at radius 3 is 2.63 bits per heavy atom. The number of rotatable bonds is 3. The van der Waals surface area contributed by atoms with Crippen molar-refractivity contribution in [3.8, 4) is 0 Å². The first-order chi connectivity index (χ1) is 9.20. The molecule has 98 valence electrons. The zero-order valence-electron chi connectivity index (χ0n) is 10.4. The largest absolute Gasteiger partial charge is 0.452 e. The van der Waals surface area contributed by atoms with E-state index in [2.05, 4.69) is 4.98 Å². The molecule has 0 aliphatic heterocycles. The van der Waals surface area contributed by atoms with Gasteiger partial charge in [-0.25, -0.2) is 9.18 Å². The summed E-state index contributed by atoms with van der Waals surface area (Å²) in [6.45, 7) is 0.312. The van der Waals surface area contributed by atoms with Gasteiger partial charge in [-0.2, -0.15) is 0 Å². The van der Waals surface area contributed by atoms with Crippen molar-refractivity contribution in [1.82, 2.24) is 4.98 Å². The molecule has 1 aromatic heterocycles. The third-order valence-corrected chi connectivity index (χ3v) is 2.60. The maximum absolute atomic E-state index is 12.9. The van der Waals surface area contributed by atoms with Gasteiger partial charge in [0.25, 0.3) is 0 Å². The first kappa shape index (κ1) is 13.0. The number of aromatic nitrogens is 1. The van der Waals surface area contributed by atoms with Crippen LogP contribution < -0.4 is 4.90 Å². The molecule has 0 saturated carbocycles. The number of hydrogen-bond acceptors (Lipinski definition) is 3. The Morgan fingerprint density at radius 1 is 1.32 bits per heavy atom. The van der Waals surface area contributed by atoms with Gasteiger partial charge >= 0.3 is 6.09 Å². The van der Waals surface area contributed by atoms with Crippen LogP contribution in [0.25, 0.3) is 0 Å². The maximum Gasteiger partial charge on any atom is 0.414 e. The lowest BCUT2D eigenvalue weighted by Gasteiger charge is -2.21. The van der Waals surface area contributed by atoms with Crippen molar-refractivity contribution < 1.29 is 13.9 Å². The second kappa shape index (κ2) is 5.95. The number of pyridine rings is 1. The Kier molecular flexibility index (Phi) is 4.07. The van der Waals surface area contributed by atoms with Crippen molar-refractivity contribution >= 4 is 11.8 Å². The summed E-state index contributed by atoms with van der Waals surface area (Å²) < 4.78 is 17.7. The van der Waals surface area contributed by atoms with Crippen LogP contribution in [0.15, 0.2) is 48.8 Å². The van der Waals surface area contributed by atoms with Crippen LogP contribution in [0.5, 0.6) is 0 Å². The first-order valence-corrected chi connectivity index (χ1v) is 5.70. The van der Waals surface area contributed by atoms with Crippen molar-refractivity contribution in [3.63, 3.8) is 0 Å². The number of methoxy groups -OCH3 is 1. The van der Waals surface area contributed by atoms with Crippen LogP contribution in [0.2, 0.25) is 0 Å². The van der Waals surface area contributed by atoms with E-state index in [-0.39, 0.29) is 5.82 Å². The van der Waals surface area contributed by atoms with Crippen LogP contribution in [-0.4, -0.2) is 18.2 Å². The van der Waals surface area contributed by atoms with Crippen LogP contribution >= 0.6 is 0 Å². The topological polar surface area (TPSA) is 42.4 Å². The van der Waals surface area contributed by atoms with Crippen molar-refractivity contribution in [2.75, 3.05) is 12.0 Å². The minimum Gasteiger partial charge on any atom is -0.452 e. The fourth-order valence-electron chi connectivity index (χ4n) is 1.67. The third kappa shape index (κ3) is 3.28. The highest BCUT2D eigenvalue weighted by atomic mass is 19.1. The molecule has 1 heterocycles. The second-order valence-corrected chi connectivity index (χ2v) is 3.89. The van der Waals surface area contributed by atoms with Crippen molar-refractivity contribution in [2.24, 2.45) is 0 Å².